The maximum absolute atomic E-state index is 13.7. The highest BCUT2D eigenvalue weighted by atomic mass is 19.1. The van der Waals surface area contributed by atoms with Gasteiger partial charge in [-0.05, 0) is 42.3 Å². The zero-order valence-electron chi connectivity index (χ0n) is 11.6. The molecule has 21 heavy (non-hydrogen) atoms. The van der Waals surface area contributed by atoms with Crippen molar-refractivity contribution in [1.29, 1.82) is 0 Å². The van der Waals surface area contributed by atoms with Crippen LogP contribution < -0.4 is 4.90 Å². The monoisotopic (exact) mass is 283 g/mol. The first-order valence-corrected chi connectivity index (χ1v) is 6.76. The second-order valence-corrected chi connectivity index (χ2v) is 5.11. The minimum atomic E-state index is -0.521. The quantitative estimate of drug-likeness (QED) is 0.795. The molecule has 3 nitrogen and oxygen atoms in total. The molecule has 0 radical (unpaired) electrons. The minimum Gasteiger partial charge on any atom is -0.315 e. The van der Waals surface area contributed by atoms with Crippen LogP contribution in [0.15, 0.2) is 42.5 Å². The number of hydrogen-bond acceptors (Lipinski definition) is 2. The van der Waals surface area contributed by atoms with Gasteiger partial charge in [0.25, 0.3) is 0 Å². The van der Waals surface area contributed by atoms with Gasteiger partial charge < -0.3 is 4.90 Å². The molecule has 2 aromatic rings. The van der Waals surface area contributed by atoms with E-state index in [0.717, 1.165) is 11.3 Å². The fourth-order valence-electron chi connectivity index (χ4n) is 2.60. The van der Waals surface area contributed by atoms with Crippen LogP contribution in [0.1, 0.15) is 27.9 Å². The van der Waals surface area contributed by atoms with E-state index in [9.17, 15) is 14.0 Å². The summed E-state index contributed by atoms with van der Waals surface area (Å²) in [5.74, 6) is -0.793. The number of carbonyl (C=O) groups excluding carboxylic acids is 2. The molecule has 2 aromatic carbocycles. The van der Waals surface area contributed by atoms with E-state index in [1.54, 1.807) is 42.3 Å². The van der Waals surface area contributed by atoms with Crippen LogP contribution in [0.3, 0.4) is 0 Å². The maximum Gasteiger partial charge on any atom is 0.227 e. The Morgan fingerprint density at radius 2 is 1.90 bits per heavy atom. The number of ketones is 1. The minimum absolute atomic E-state index is 0.0654. The Labute approximate surface area is 122 Å². The molecule has 0 saturated heterocycles. The van der Waals surface area contributed by atoms with Crippen LogP contribution in [0.4, 0.5) is 10.1 Å². The molecule has 1 aliphatic heterocycles. The van der Waals surface area contributed by atoms with Crippen molar-refractivity contribution in [3.05, 3.63) is 65.0 Å². The topological polar surface area (TPSA) is 37.4 Å². The fourth-order valence-corrected chi connectivity index (χ4v) is 2.60. The predicted molar refractivity (Wildman–Crippen MR) is 78.0 cm³/mol. The van der Waals surface area contributed by atoms with Crippen molar-refractivity contribution >= 4 is 17.4 Å². The van der Waals surface area contributed by atoms with Crippen molar-refractivity contribution < 1.29 is 14.0 Å². The first kappa shape index (κ1) is 13.5. The average molecular weight is 283 g/mol. The molecule has 1 aliphatic rings. The summed E-state index contributed by atoms with van der Waals surface area (Å²) in [4.78, 5) is 25.6. The molecule has 106 valence electrons. The third-order valence-electron chi connectivity index (χ3n) is 3.80. The number of nitrogens with zero attached hydrogens (tertiary/aromatic N) is 1. The van der Waals surface area contributed by atoms with Crippen LogP contribution in [0.2, 0.25) is 0 Å². The Bertz CT molecular complexity index is 739. The van der Waals surface area contributed by atoms with E-state index < -0.39 is 5.82 Å². The highest BCUT2D eigenvalue weighted by Crippen LogP contribution is 2.28. The van der Waals surface area contributed by atoms with Gasteiger partial charge in [0.15, 0.2) is 5.78 Å². The Kier molecular flexibility index (Phi) is 3.29. The van der Waals surface area contributed by atoms with Gasteiger partial charge in [0.1, 0.15) is 5.82 Å². The molecule has 0 fully saturated rings. The zero-order chi connectivity index (χ0) is 15.0. The van der Waals surface area contributed by atoms with E-state index in [1.165, 1.54) is 12.1 Å². The van der Waals surface area contributed by atoms with Gasteiger partial charge in [0.2, 0.25) is 5.91 Å². The van der Waals surface area contributed by atoms with Gasteiger partial charge in [0, 0.05) is 24.7 Å². The SMILES string of the molecule is CN1C(=O)CCc2cc(C(=O)c3ccccc3F)ccc21. The predicted octanol–water partition coefficient (Wildman–Crippen LogP) is 2.97. The first-order chi connectivity index (χ1) is 10.1. The van der Waals surface area contributed by atoms with Gasteiger partial charge in [-0.1, -0.05) is 12.1 Å². The summed E-state index contributed by atoms with van der Waals surface area (Å²) in [6.07, 6.45) is 1.04. The standard InChI is InChI=1S/C17H14FNO2/c1-19-15-8-6-12(10-11(15)7-9-16(19)20)17(21)13-4-2-3-5-14(13)18/h2-6,8,10H,7,9H2,1H3. The van der Waals surface area contributed by atoms with Crippen LogP contribution in [-0.4, -0.2) is 18.7 Å². The molecule has 0 aliphatic carbocycles. The van der Waals surface area contributed by atoms with Gasteiger partial charge in [-0.3, -0.25) is 9.59 Å². The van der Waals surface area contributed by atoms with Crippen molar-refractivity contribution in [2.45, 2.75) is 12.8 Å². The second kappa shape index (κ2) is 5.13. The van der Waals surface area contributed by atoms with Gasteiger partial charge in [-0.25, -0.2) is 4.39 Å². The molecular weight excluding hydrogens is 269 g/mol. The molecule has 0 saturated carbocycles. The Morgan fingerprint density at radius 3 is 2.67 bits per heavy atom. The molecule has 0 atom stereocenters. The molecular formula is C17H14FNO2. The summed E-state index contributed by atoms with van der Waals surface area (Å²) in [5.41, 5.74) is 2.27. The molecule has 0 N–H and O–H groups in total. The number of anilines is 1. The molecule has 1 amide bonds. The molecule has 0 unspecified atom stereocenters. The van der Waals surface area contributed by atoms with Gasteiger partial charge in [-0.15, -0.1) is 0 Å². The number of benzene rings is 2. The van der Waals surface area contributed by atoms with E-state index in [2.05, 4.69) is 0 Å². The van der Waals surface area contributed by atoms with Crippen molar-refractivity contribution in [3.8, 4) is 0 Å². The first-order valence-electron chi connectivity index (χ1n) is 6.76. The van der Waals surface area contributed by atoms with E-state index in [4.69, 9.17) is 0 Å². The number of amides is 1. The molecule has 3 rings (SSSR count). The Hall–Kier alpha value is -2.49. The van der Waals surface area contributed by atoms with Crippen molar-refractivity contribution in [2.24, 2.45) is 0 Å². The lowest BCUT2D eigenvalue weighted by atomic mass is 9.95. The van der Waals surface area contributed by atoms with E-state index in [-0.39, 0.29) is 17.3 Å². The smallest absolute Gasteiger partial charge is 0.227 e. The van der Waals surface area contributed by atoms with Crippen LogP contribution in [0, 0.1) is 5.82 Å². The lowest BCUT2D eigenvalue weighted by molar-refractivity contribution is -0.118. The highest BCUT2D eigenvalue weighted by Gasteiger charge is 2.22. The van der Waals surface area contributed by atoms with E-state index in [0.29, 0.717) is 18.4 Å². The normalized spacial score (nSPS) is 14.0. The summed E-state index contributed by atoms with van der Waals surface area (Å²) in [6.45, 7) is 0. The lowest BCUT2D eigenvalue weighted by Crippen LogP contribution is -2.31. The Balaban J connectivity index is 2.00. The zero-order valence-corrected chi connectivity index (χ0v) is 11.6. The molecule has 0 aromatic heterocycles. The fraction of sp³-hybridized carbons (Fsp3) is 0.176. The lowest BCUT2D eigenvalue weighted by Gasteiger charge is -2.26. The molecule has 0 spiro atoms. The molecule has 1 heterocycles. The number of aryl methyl sites for hydroxylation is 1. The van der Waals surface area contributed by atoms with Crippen LogP contribution >= 0.6 is 0 Å². The highest BCUT2D eigenvalue weighted by molar-refractivity contribution is 6.09. The van der Waals surface area contributed by atoms with Crippen molar-refractivity contribution in [1.82, 2.24) is 0 Å². The molecule has 4 heteroatoms. The van der Waals surface area contributed by atoms with Gasteiger partial charge in [-0.2, -0.15) is 0 Å². The summed E-state index contributed by atoms with van der Waals surface area (Å²) < 4.78 is 13.7. The summed E-state index contributed by atoms with van der Waals surface area (Å²) in [7, 11) is 1.72. The third kappa shape index (κ3) is 2.33. The van der Waals surface area contributed by atoms with Crippen molar-refractivity contribution in [3.63, 3.8) is 0 Å². The average Bonchev–Trinajstić information content (AvgIpc) is 2.50. The number of carbonyl (C=O) groups is 2. The number of halogens is 1. The summed E-state index contributed by atoms with van der Waals surface area (Å²) in [6, 6.07) is 11.1. The van der Waals surface area contributed by atoms with Crippen LogP contribution in [-0.2, 0) is 11.2 Å². The van der Waals surface area contributed by atoms with Gasteiger partial charge >= 0.3 is 0 Å². The molecule has 0 bridgehead atoms. The maximum atomic E-state index is 13.7. The van der Waals surface area contributed by atoms with E-state index in [1.807, 2.05) is 0 Å². The largest absolute Gasteiger partial charge is 0.315 e. The summed E-state index contributed by atoms with van der Waals surface area (Å²) in [5, 5.41) is 0. The van der Waals surface area contributed by atoms with E-state index >= 15 is 0 Å². The number of rotatable bonds is 2. The van der Waals surface area contributed by atoms with Crippen molar-refractivity contribution in [2.75, 3.05) is 11.9 Å². The third-order valence-corrected chi connectivity index (χ3v) is 3.80. The second-order valence-electron chi connectivity index (χ2n) is 5.11. The number of hydrogen-bond donors (Lipinski definition) is 0. The number of fused-ring (bicyclic) bond motifs is 1. The summed E-state index contributed by atoms with van der Waals surface area (Å²) >= 11 is 0. The Morgan fingerprint density at radius 1 is 1.14 bits per heavy atom. The van der Waals surface area contributed by atoms with Crippen LogP contribution in [0.5, 0.6) is 0 Å². The van der Waals surface area contributed by atoms with Gasteiger partial charge in [0.05, 0.1) is 5.56 Å². The van der Waals surface area contributed by atoms with Crippen LogP contribution in [0.25, 0.3) is 0 Å².